The zero-order valence-electron chi connectivity index (χ0n) is 81.2. The number of amides is 3. The number of carbonyl (C=O) groups is 4. The van der Waals surface area contributed by atoms with Gasteiger partial charge in [-0.1, -0.05) is 92.9 Å². The normalized spacial score (nSPS) is 10.2. The number of nitrogens with zero attached hydrogens (tertiary/aromatic N) is 9. The van der Waals surface area contributed by atoms with Crippen molar-refractivity contribution >= 4 is 152 Å². The Morgan fingerprint density at radius 3 is 1.06 bits per heavy atom. The average Bonchev–Trinajstić information content (AvgIpc) is 0.836. The predicted molar refractivity (Wildman–Crippen MR) is 536 cm³/mol. The van der Waals surface area contributed by atoms with Crippen LogP contribution in [0.15, 0.2) is 262 Å². The summed E-state index contributed by atoms with van der Waals surface area (Å²) in [6, 6.07) is 58.1. The fraction of sp³-hybridized carbons (Fsp3) is 0.229. The number of non-ortho nitro benzene ring substituents is 3. The van der Waals surface area contributed by atoms with E-state index in [0.717, 1.165) is 110 Å². The van der Waals surface area contributed by atoms with Crippen LogP contribution in [-0.2, 0) is 24.1 Å². The summed E-state index contributed by atoms with van der Waals surface area (Å²) in [5.74, 6) is 0.119. The molecule has 3 amide bonds. The summed E-state index contributed by atoms with van der Waals surface area (Å²) in [5, 5.41) is 88.1. The van der Waals surface area contributed by atoms with Crippen molar-refractivity contribution in [1.29, 1.82) is 0 Å². The van der Waals surface area contributed by atoms with E-state index in [1.54, 1.807) is 91.0 Å². The summed E-state index contributed by atoms with van der Waals surface area (Å²) in [4.78, 5) is 98.2. The van der Waals surface area contributed by atoms with Gasteiger partial charge in [-0.3, -0.25) is 49.5 Å². The predicted octanol–water partition coefficient (Wildman–Crippen LogP) is 14.3. The molecule has 12 rings (SSSR count). The van der Waals surface area contributed by atoms with Crippen LogP contribution >= 0.6 is 22.7 Å². The number of nitrogen functional groups attached to an aromatic ring is 1. The molecule has 12 aromatic rings. The maximum absolute atomic E-state index is 14.3. The number of aromatic nitrogens is 6. The first-order valence-electron chi connectivity index (χ1n) is 42.8. The van der Waals surface area contributed by atoms with Gasteiger partial charge in [0, 0.05) is 87.6 Å². The number of hydrogen-bond donors (Lipinski definition) is 12. The Kier molecular flexibility index (Phi) is 62.8. The number of anilines is 14. The quantitative estimate of drug-likeness (QED) is 0.00166. The monoisotopic (exact) mass is 2270 g/mol. The van der Waals surface area contributed by atoms with Gasteiger partial charge in [-0.25, -0.2) is 32.5 Å². The number of rotatable bonds is 36. The molecule has 0 aliphatic carbocycles. The minimum atomic E-state index is -1.54. The van der Waals surface area contributed by atoms with E-state index >= 15 is 0 Å². The van der Waals surface area contributed by atoms with E-state index in [0.29, 0.717) is 76.2 Å². The van der Waals surface area contributed by atoms with Crippen LogP contribution in [0.3, 0.4) is 0 Å². The molecule has 1 unspecified atom stereocenters. The topological polar surface area (TPSA) is 536 Å². The van der Waals surface area contributed by atoms with Crippen molar-refractivity contribution in [3.63, 3.8) is 0 Å². The molecule has 0 aliphatic rings. The first kappa shape index (κ1) is 127. The standard InChI is InChI=1S/C22H24FN5O4.C22H22FN5O2.C13H10ClFN4O.C9H11NO3.C9H13NO.C8H9NO4.C6H15ClSi.C6H4FNO2.CH2O3.2Cs.H/c1-2-10-32-17-8-6-14(7-9-17)27-22-24-12-18(23)20(28-22)25-15-4-3-5-16(11-15)26-21(31)19(30)13-29;1-3-12-30-18-10-8-15(9-11-18)27-22-24-14-19(23)21(28-22)26-17-7-5-6-16(13-17)25-20(29)4-2;1-2-11(20)17-8-4-3-5-9(6-8)18-12-10(15)7-16-13(14)19-12;1-2-7-13-9-5-3-8(4-6-9)10(11)12;1-2-7-11-9-5-3-8(10)4-6-9;10-5-6-13-8-3-1-7(2-4-8)9(11)12;1-6(2,3)8(4,5)7;7-5-1-3-6(4-2-5)8(9)10;2-1-4-3;;;/h3-9,11-12,19,29-30H,2,10,13H2,1H3,(H,26,31)(H2,24,25,27,28);4-11,13-14H,2-3,12H2,1H3,(H,25,29)(H2,24,26,27,28);2-7H,1H2,(H,17,20)(H,16,18,19);3-6H,2,7H2,1H3;3-6H,2,7,10H2,1H3;1-4,10H,5-6H2;1-5H3;1-4H;1,3H;;;/q;;;;;;;;;2*+1;-1/p-1. The molecule has 0 fully saturated rings. The van der Waals surface area contributed by atoms with Crippen LogP contribution in [0.2, 0.25) is 23.4 Å². The molecule has 38 nitrogen and oxygen atoms in total. The molecule has 0 saturated heterocycles. The smallest absolute Gasteiger partial charge is 1.00 e. The minimum Gasteiger partial charge on any atom is -1.00 e. The number of nitrogens with two attached hydrogens (primary N) is 1. The average molecular weight is 2280 g/mol. The van der Waals surface area contributed by atoms with E-state index in [9.17, 15) is 67.4 Å². The van der Waals surface area contributed by atoms with Gasteiger partial charge in [0.1, 0.15) is 41.2 Å². The maximum atomic E-state index is 14.3. The third-order valence-corrected chi connectivity index (χ3v) is 23.0. The number of hydrogen-bond acceptors (Lipinski definition) is 32. The molecule has 0 aliphatic heterocycles. The molecule has 0 bridgehead atoms. The number of ether oxygens (including phenoxy) is 5. The number of aliphatic hydroxyl groups excluding tert-OH is 3. The van der Waals surface area contributed by atoms with Gasteiger partial charge in [-0.15, -0.1) is 0 Å². The second-order valence-corrected chi connectivity index (χ2v) is 37.4. The van der Waals surface area contributed by atoms with Crippen molar-refractivity contribution in [2.45, 2.75) is 98.4 Å². The van der Waals surface area contributed by atoms with Gasteiger partial charge < -0.3 is 98.8 Å². The fourth-order valence-corrected chi connectivity index (χ4v) is 9.75. The number of aliphatic hydroxyl groups is 3. The van der Waals surface area contributed by atoms with Crippen molar-refractivity contribution in [3.8, 4) is 28.7 Å². The number of benzene rings is 9. The molecule has 752 valence electrons. The number of nitro groups is 3. The number of halogens is 6. The van der Waals surface area contributed by atoms with Gasteiger partial charge in [0.2, 0.25) is 29.0 Å². The molecule has 0 spiro atoms. The summed E-state index contributed by atoms with van der Waals surface area (Å²) >= 11 is 11.8. The Morgan fingerprint density at radius 1 is 0.476 bits per heavy atom. The maximum Gasteiger partial charge on any atom is 1.00 e. The summed E-state index contributed by atoms with van der Waals surface area (Å²) in [6.45, 7) is 27.8. The van der Waals surface area contributed by atoms with Crippen molar-refractivity contribution in [2.24, 2.45) is 0 Å². The molecule has 3 aromatic heterocycles. The van der Waals surface area contributed by atoms with Crippen molar-refractivity contribution in [1.82, 2.24) is 29.9 Å². The van der Waals surface area contributed by atoms with Crippen molar-refractivity contribution < 1.29 is 240 Å². The molecule has 0 saturated carbocycles. The number of nitro benzene ring substituents is 3. The van der Waals surface area contributed by atoms with Crippen molar-refractivity contribution in [3.05, 3.63) is 321 Å². The number of carbonyl (C=O) groups excluding carboxylic acids is 4. The SMILES string of the molecule is C=CC(=O)Nc1cccc(Nc2nc(Cl)ncc2F)c1.C=CC(=O)Nc1cccc(Nc2nc(Nc3ccc(OCCC)cc3)ncc2F)c1.CC(C)(C)[Si](C)(C)Cl.CCCOc1ccc(N)cc1.CCCOc1ccc(Nc2ncc(F)c(Nc3cccc(NC(=O)C(O)CO)c3)n2)cc1.CCCOc1ccc([N+](=O)[O-])cc1.O=CO[O-].O=[N+]([O-])c1ccc(F)cc1.O=[N+]([O-])c1ccc(OCCO)cc1.[Cs+].[Cs+].[H-]. The Hall–Kier alpha value is -12.0. The van der Waals surface area contributed by atoms with Gasteiger partial charge in [-0.2, -0.15) is 26.0 Å². The van der Waals surface area contributed by atoms with E-state index in [1.165, 1.54) is 48.5 Å². The largest absolute Gasteiger partial charge is 1.00 e. The fourth-order valence-electron chi connectivity index (χ4n) is 9.62. The molecular weight excluding hydrogens is 2170 g/mol. The summed E-state index contributed by atoms with van der Waals surface area (Å²) in [5.41, 5.74) is 10.7. The first-order chi connectivity index (χ1) is 67.3. The summed E-state index contributed by atoms with van der Waals surface area (Å²) in [6.07, 6.45) is 7.70. The van der Waals surface area contributed by atoms with E-state index in [-0.39, 0.29) is 222 Å². The molecule has 47 heteroatoms. The third-order valence-electron chi connectivity index (χ3n) is 17.5. The molecular formula is C96H110Cl2Cs2F4N18O20Si. The van der Waals surface area contributed by atoms with Gasteiger partial charge in [0.15, 0.2) is 48.4 Å². The molecule has 0 radical (unpaired) electrons. The Labute approximate surface area is 953 Å². The Morgan fingerprint density at radius 2 is 0.762 bits per heavy atom. The number of nitrogens with one attached hydrogen (secondary N) is 8. The van der Waals surface area contributed by atoms with Gasteiger partial charge in [0.25, 0.3) is 29.4 Å². The zero-order valence-corrected chi connectivity index (χ0v) is 95.2. The van der Waals surface area contributed by atoms with E-state index < -0.39 is 64.0 Å². The van der Waals surface area contributed by atoms with Crippen molar-refractivity contribution in [2.75, 3.05) is 94.5 Å². The third kappa shape index (κ3) is 52.7. The van der Waals surface area contributed by atoms with Crippen LogP contribution in [0.4, 0.5) is 115 Å². The zero-order chi connectivity index (χ0) is 104. The molecule has 13 N–H and O–H groups in total. The van der Waals surface area contributed by atoms with Crippen LogP contribution in [-0.4, -0.2) is 144 Å². The summed E-state index contributed by atoms with van der Waals surface area (Å²) < 4.78 is 80.8. The van der Waals surface area contributed by atoms with Gasteiger partial charge >= 0.3 is 138 Å². The van der Waals surface area contributed by atoms with E-state index in [4.69, 9.17) is 72.4 Å². The molecule has 3 heterocycles. The molecule has 1 atom stereocenters. The Bertz CT molecular complexity index is 5820. The van der Waals surface area contributed by atoms with E-state index in [1.807, 2.05) is 81.4 Å². The molecule has 143 heavy (non-hydrogen) atoms. The van der Waals surface area contributed by atoms with Gasteiger partial charge in [0.05, 0.1) is 73.0 Å². The van der Waals surface area contributed by atoms with Crippen LogP contribution in [0.1, 0.15) is 75.6 Å². The van der Waals surface area contributed by atoms with Crippen LogP contribution in [0.5, 0.6) is 28.7 Å². The van der Waals surface area contributed by atoms with Crippen LogP contribution < -0.4 is 215 Å². The van der Waals surface area contributed by atoms with Gasteiger partial charge in [-0.05, 0) is 218 Å². The van der Waals surface area contributed by atoms with E-state index in [2.05, 4.69) is 131 Å². The van der Waals surface area contributed by atoms with Crippen LogP contribution in [0.25, 0.3) is 0 Å². The molecule has 9 aromatic carbocycles. The second kappa shape index (κ2) is 70.7. The first-order valence-corrected chi connectivity index (χ1v) is 47.1. The van der Waals surface area contributed by atoms with Crippen LogP contribution in [0, 0.1) is 53.6 Å². The Balaban J connectivity index is 0.000000851. The minimum absolute atomic E-state index is 0. The second-order valence-electron chi connectivity index (χ2n) is 29.8. The summed E-state index contributed by atoms with van der Waals surface area (Å²) in [7, 11) is -1.39.